The number of hydrogen-bond donors (Lipinski definition) is 3. The van der Waals surface area contributed by atoms with Gasteiger partial charge in [0.1, 0.15) is 17.1 Å². The third kappa shape index (κ3) is 3.49. The normalized spacial score (nSPS) is 11.0. The number of carbonyl (C=O) groups is 1. The van der Waals surface area contributed by atoms with Gasteiger partial charge in [-0.2, -0.15) is 0 Å². The molecule has 0 aliphatic rings. The molecule has 31 heavy (non-hydrogen) atoms. The molecule has 0 unspecified atom stereocenters. The van der Waals surface area contributed by atoms with Crippen molar-refractivity contribution in [2.45, 2.75) is 0 Å². The van der Waals surface area contributed by atoms with Gasteiger partial charge in [0.15, 0.2) is 5.65 Å². The fourth-order valence-corrected chi connectivity index (χ4v) is 3.52. The highest BCUT2D eigenvalue weighted by Gasteiger charge is 2.21. The Morgan fingerprint density at radius 1 is 0.903 bits per heavy atom. The number of nitrogens with two attached hydrogens (primary N) is 2. The van der Waals surface area contributed by atoms with Crippen molar-refractivity contribution in [3.05, 3.63) is 90.6 Å². The zero-order valence-corrected chi connectivity index (χ0v) is 16.4. The smallest absolute Gasteiger partial charge is 0.254 e. The van der Waals surface area contributed by atoms with E-state index in [1.54, 1.807) is 4.52 Å². The SMILES string of the molecule is NC(=O)c1c(-c2ccc(Oc3ccccc3)cc2)[nH]n2cc(-c3cccc(N)c3)nc12. The fraction of sp³-hybridized carbons (Fsp3) is 0. The first-order chi connectivity index (χ1) is 15.1. The molecule has 0 spiro atoms. The zero-order chi connectivity index (χ0) is 21.4. The number of hydrogen-bond acceptors (Lipinski definition) is 4. The molecule has 0 saturated heterocycles. The number of benzene rings is 3. The fourth-order valence-electron chi connectivity index (χ4n) is 3.52. The molecule has 2 aromatic heterocycles. The summed E-state index contributed by atoms with van der Waals surface area (Å²) in [6.45, 7) is 0. The van der Waals surface area contributed by atoms with Gasteiger partial charge >= 0.3 is 0 Å². The second-order valence-corrected chi connectivity index (χ2v) is 7.11. The first kappa shape index (κ1) is 18.5. The van der Waals surface area contributed by atoms with Crippen molar-refractivity contribution in [1.82, 2.24) is 14.6 Å². The molecule has 5 rings (SSSR count). The summed E-state index contributed by atoms with van der Waals surface area (Å²) in [6, 6.07) is 24.4. The number of aromatic nitrogens is 3. The van der Waals surface area contributed by atoms with Crippen LogP contribution in [-0.2, 0) is 0 Å². The molecule has 7 heteroatoms. The predicted octanol–water partition coefficient (Wildman–Crippen LogP) is 4.47. The van der Waals surface area contributed by atoms with Crippen LogP contribution in [0.5, 0.6) is 11.5 Å². The van der Waals surface area contributed by atoms with E-state index in [4.69, 9.17) is 16.2 Å². The van der Waals surface area contributed by atoms with Crippen LogP contribution in [0.4, 0.5) is 5.69 Å². The van der Waals surface area contributed by atoms with Crippen LogP contribution < -0.4 is 16.2 Å². The summed E-state index contributed by atoms with van der Waals surface area (Å²) in [5, 5.41) is 3.22. The molecule has 5 aromatic rings. The summed E-state index contributed by atoms with van der Waals surface area (Å²) >= 11 is 0. The molecule has 0 fully saturated rings. The van der Waals surface area contributed by atoms with E-state index < -0.39 is 5.91 Å². The molecule has 152 valence electrons. The largest absolute Gasteiger partial charge is 0.457 e. The Hall–Kier alpha value is -4.52. The van der Waals surface area contributed by atoms with Gasteiger partial charge in [0.05, 0.1) is 17.6 Å². The van der Waals surface area contributed by atoms with E-state index in [0.29, 0.717) is 34.0 Å². The number of nitrogens with zero attached hydrogens (tertiary/aromatic N) is 2. The van der Waals surface area contributed by atoms with E-state index in [1.165, 1.54) is 0 Å². The molecule has 1 amide bonds. The molecular formula is C24H19N5O2. The number of ether oxygens (including phenoxy) is 1. The number of para-hydroxylation sites is 1. The lowest BCUT2D eigenvalue weighted by Crippen LogP contribution is -2.12. The maximum absolute atomic E-state index is 12.3. The molecular weight excluding hydrogens is 390 g/mol. The minimum Gasteiger partial charge on any atom is -0.457 e. The van der Waals surface area contributed by atoms with Crippen LogP contribution in [0.3, 0.4) is 0 Å². The molecule has 0 aliphatic carbocycles. The Balaban J connectivity index is 1.51. The van der Waals surface area contributed by atoms with Gasteiger partial charge in [-0.15, -0.1) is 0 Å². The third-order valence-corrected chi connectivity index (χ3v) is 4.96. The van der Waals surface area contributed by atoms with Gasteiger partial charge in [-0.1, -0.05) is 30.3 Å². The number of amides is 1. The van der Waals surface area contributed by atoms with Crippen LogP contribution in [0.25, 0.3) is 28.2 Å². The minimum absolute atomic E-state index is 0.326. The van der Waals surface area contributed by atoms with Crippen LogP contribution in [-0.4, -0.2) is 20.5 Å². The Labute approximate surface area is 177 Å². The van der Waals surface area contributed by atoms with Crippen LogP contribution in [0.15, 0.2) is 85.1 Å². The summed E-state index contributed by atoms with van der Waals surface area (Å²) in [6.07, 6.45) is 1.81. The average molecular weight is 409 g/mol. The Kier molecular flexibility index (Phi) is 4.41. The second-order valence-electron chi connectivity index (χ2n) is 7.11. The lowest BCUT2D eigenvalue weighted by atomic mass is 10.1. The van der Waals surface area contributed by atoms with Crippen LogP contribution in [0, 0.1) is 0 Å². The van der Waals surface area contributed by atoms with Gasteiger partial charge in [0, 0.05) is 16.8 Å². The summed E-state index contributed by atoms with van der Waals surface area (Å²) in [4.78, 5) is 16.9. The summed E-state index contributed by atoms with van der Waals surface area (Å²) in [7, 11) is 0. The average Bonchev–Trinajstić information content (AvgIpc) is 3.33. The summed E-state index contributed by atoms with van der Waals surface area (Å²) in [5.41, 5.74) is 16.0. The van der Waals surface area contributed by atoms with Crippen LogP contribution in [0.2, 0.25) is 0 Å². The number of imidazole rings is 1. The Morgan fingerprint density at radius 2 is 1.65 bits per heavy atom. The molecule has 0 radical (unpaired) electrons. The van der Waals surface area contributed by atoms with Crippen molar-refractivity contribution in [2.75, 3.05) is 5.73 Å². The van der Waals surface area contributed by atoms with Crippen molar-refractivity contribution in [1.29, 1.82) is 0 Å². The van der Waals surface area contributed by atoms with E-state index in [2.05, 4.69) is 10.1 Å². The molecule has 2 heterocycles. The number of aromatic amines is 1. The third-order valence-electron chi connectivity index (χ3n) is 4.96. The molecule has 7 nitrogen and oxygen atoms in total. The number of fused-ring (bicyclic) bond motifs is 1. The molecule has 3 aromatic carbocycles. The van der Waals surface area contributed by atoms with E-state index in [0.717, 1.165) is 16.9 Å². The van der Waals surface area contributed by atoms with E-state index >= 15 is 0 Å². The van der Waals surface area contributed by atoms with Gasteiger partial charge in [0.2, 0.25) is 0 Å². The Morgan fingerprint density at radius 3 is 2.35 bits per heavy atom. The molecule has 0 saturated carbocycles. The van der Waals surface area contributed by atoms with Crippen molar-refractivity contribution >= 4 is 17.2 Å². The first-order valence-corrected chi connectivity index (χ1v) is 9.68. The molecule has 0 bridgehead atoms. The number of primary amides is 1. The van der Waals surface area contributed by atoms with Gasteiger partial charge in [-0.25, -0.2) is 9.50 Å². The number of nitrogen functional groups attached to an aromatic ring is 1. The maximum atomic E-state index is 12.3. The van der Waals surface area contributed by atoms with Crippen molar-refractivity contribution in [3.63, 3.8) is 0 Å². The second kappa shape index (κ2) is 7.38. The quantitative estimate of drug-likeness (QED) is 0.372. The highest BCUT2D eigenvalue weighted by Crippen LogP contribution is 2.30. The van der Waals surface area contributed by atoms with Gasteiger partial charge < -0.3 is 16.2 Å². The number of nitrogens with one attached hydrogen (secondary N) is 1. The molecule has 5 N–H and O–H groups in total. The van der Waals surface area contributed by atoms with Gasteiger partial charge in [0.25, 0.3) is 5.91 Å². The van der Waals surface area contributed by atoms with Crippen molar-refractivity contribution in [2.24, 2.45) is 5.73 Å². The first-order valence-electron chi connectivity index (χ1n) is 9.68. The van der Waals surface area contributed by atoms with Crippen LogP contribution in [0.1, 0.15) is 10.4 Å². The number of anilines is 1. The van der Waals surface area contributed by atoms with Gasteiger partial charge in [-0.3, -0.25) is 9.89 Å². The van der Waals surface area contributed by atoms with E-state index in [1.807, 2.05) is 85.1 Å². The van der Waals surface area contributed by atoms with Crippen molar-refractivity contribution in [3.8, 4) is 34.0 Å². The lowest BCUT2D eigenvalue weighted by molar-refractivity contribution is 0.100. The zero-order valence-electron chi connectivity index (χ0n) is 16.4. The summed E-state index contributed by atoms with van der Waals surface area (Å²) < 4.78 is 7.53. The summed E-state index contributed by atoms with van der Waals surface area (Å²) in [5.74, 6) is 0.881. The minimum atomic E-state index is -0.560. The highest BCUT2D eigenvalue weighted by atomic mass is 16.5. The highest BCUT2D eigenvalue weighted by molar-refractivity contribution is 6.05. The number of rotatable bonds is 5. The standard InChI is InChI=1S/C24H19N5O2/c25-17-6-4-5-16(13-17)20-14-29-24(27-20)21(23(26)30)22(28-29)15-9-11-19(12-10-15)31-18-7-2-1-3-8-18/h1-14,28H,25H2,(H2,26,30). The van der Waals surface area contributed by atoms with E-state index in [-0.39, 0.29) is 0 Å². The number of carbonyl (C=O) groups excluding carboxylic acids is 1. The molecule has 0 aliphatic heterocycles. The number of H-pyrrole nitrogens is 1. The maximum Gasteiger partial charge on any atom is 0.254 e. The predicted molar refractivity (Wildman–Crippen MR) is 120 cm³/mol. The molecule has 0 atom stereocenters. The van der Waals surface area contributed by atoms with Gasteiger partial charge in [-0.05, 0) is 48.5 Å². The van der Waals surface area contributed by atoms with Crippen LogP contribution >= 0.6 is 0 Å². The lowest BCUT2D eigenvalue weighted by Gasteiger charge is -2.07. The topological polar surface area (TPSA) is 111 Å². The Bertz CT molecular complexity index is 1390. The monoisotopic (exact) mass is 409 g/mol. The van der Waals surface area contributed by atoms with Crippen molar-refractivity contribution < 1.29 is 9.53 Å². The van der Waals surface area contributed by atoms with E-state index in [9.17, 15) is 4.79 Å².